The molecule has 0 aliphatic heterocycles. The van der Waals surface area contributed by atoms with Crippen molar-refractivity contribution in [3.63, 3.8) is 0 Å². The largest absolute Gasteiger partial charge is 0.345 e. The smallest absolute Gasteiger partial charge is 0.271 e. The molecule has 0 aromatic carbocycles. The monoisotopic (exact) mass is 270 g/mol. The summed E-state index contributed by atoms with van der Waals surface area (Å²) in [5, 5.41) is 9.63. The number of H-pyrrole nitrogens is 1. The van der Waals surface area contributed by atoms with Gasteiger partial charge < -0.3 is 5.32 Å². The van der Waals surface area contributed by atoms with Gasteiger partial charge in [-0.25, -0.2) is 4.98 Å². The molecule has 5 nitrogen and oxygen atoms in total. The summed E-state index contributed by atoms with van der Waals surface area (Å²) < 4.78 is 0. The molecular formula is C10H8Cl2N4O. The second-order valence-corrected chi connectivity index (χ2v) is 4.02. The molecule has 0 fully saturated rings. The van der Waals surface area contributed by atoms with E-state index in [0.29, 0.717) is 6.54 Å². The van der Waals surface area contributed by atoms with E-state index in [2.05, 4.69) is 20.5 Å². The minimum atomic E-state index is -0.382. The molecule has 0 bridgehead atoms. The zero-order chi connectivity index (χ0) is 12.3. The minimum absolute atomic E-state index is 0.110. The van der Waals surface area contributed by atoms with Gasteiger partial charge in [0, 0.05) is 6.20 Å². The van der Waals surface area contributed by atoms with E-state index in [1.54, 1.807) is 12.3 Å². The number of hydrogen-bond donors (Lipinski definition) is 2. The second kappa shape index (κ2) is 5.16. The highest BCUT2D eigenvalue weighted by atomic mass is 35.5. The van der Waals surface area contributed by atoms with Gasteiger partial charge in [0.25, 0.3) is 5.91 Å². The van der Waals surface area contributed by atoms with Gasteiger partial charge in [-0.3, -0.25) is 9.89 Å². The van der Waals surface area contributed by atoms with E-state index >= 15 is 0 Å². The number of rotatable bonds is 3. The third kappa shape index (κ3) is 2.95. The van der Waals surface area contributed by atoms with Gasteiger partial charge in [0.1, 0.15) is 10.8 Å². The van der Waals surface area contributed by atoms with E-state index in [4.69, 9.17) is 23.2 Å². The molecule has 0 aliphatic carbocycles. The maximum absolute atomic E-state index is 11.8. The van der Waals surface area contributed by atoms with Gasteiger partial charge in [-0.1, -0.05) is 23.2 Å². The molecule has 0 unspecified atom stereocenters. The van der Waals surface area contributed by atoms with Crippen LogP contribution in [0.1, 0.15) is 16.2 Å². The molecule has 17 heavy (non-hydrogen) atoms. The van der Waals surface area contributed by atoms with Gasteiger partial charge in [0.05, 0.1) is 17.3 Å². The zero-order valence-corrected chi connectivity index (χ0v) is 10.1. The lowest BCUT2D eigenvalue weighted by atomic mass is 10.3. The highest BCUT2D eigenvalue weighted by molar-refractivity contribution is 6.34. The van der Waals surface area contributed by atoms with Gasteiger partial charge >= 0.3 is 0 Å². The zero-order valence-electron chi connectivity index (χ0n) is 8.58. The maximum atomic E-state index is 11.8. The van der Waals surface area contributed by atoms with Gasteiger partial charge in [-0.15, -0.1) is 0 Å². The lowest BCUT2D eigenvalue weighted by Gasteiger charge is -2.04. The van der Waals surface area contributed by atoms with Crippen molar-refractivity contribution in [2.75, 3.05) is 0 Å². The van der Waals surface area contributed by atoms with Crippen LogP contribution in [-0.2, 0) is 6.54 Å². The summed E-state index contributed by atoms with van der Waals surface area (Å²) in [6.45, 7) is 0.323. The summed E-state index contributed by atoms with van der Waals surface area (Å²) in [6, 6.07) is 4.81. The van der Waals surface area contributed by atoms with Crippen molar-refractivity contribution in [1.82, 2.24) is 20.5 Å². The van der Waals surface area contributed by atoms with Gasteiger partial charge in [0.2, 0.25) is 0 Å². The minimum Gasteiger partial charge on any atom is -0.345 e. The number of aromatic amines is 1. The van der Waals surface area contributed by atoms with E-state index in [9.17, 15) is 4.79 Å². The lowest BCUT2D eigenvalue weighted by Crippen LogP contribution is -2.24. The van der Waals surface area contributed by atoms with Crippen molar-refractivity contribution in [2.45, 2.75) is 6.54 Å². The molecule has 2 N–H and O–H groups in total. The highest BCUT2D eigenvalue weighted by Gasteiger charge is 2.12. The predicted octanol–water partition coefficient (Wildman–Crippen LogP) is 2.04. The van der Waals surface area contributed by atoms with E-state index in [1.807, 2.05) is 0 Å². The molecule has 2 aromatic heterocycles. The summed E-state index contributed by atoms with van der Waals surface area (Å²) in [5.74, 6) is -0.382. The standard InChI is InChI=1S/C10H8Cl2N4O/c11-7-1-2-8(12)15-9(7)10(17)13-5-6-3-4-14-16-6/h1-4H,5H2,(H,13,17)(H,14,16). The number of pyridine rings is 1. The van der Waals surface area contributed by atoms with Crippen LogP contribution in [-0.4, -0.2) is 21.1 Å². The fourth-order valence-corrected chi connectivity index (χ4v) is 1.56. The Labute approximate surface area is 107 Å². The molecule has 0 saturated carbocycles. The SMILES string of the molecule is O=C(NCc1ccn[nH]1)c1nc(Cl)ccc1Cl. The fourth-order valence-electron chi connectivity index (χ4n) is 1.22. The summed E-state index contributed by atoms with van der Waals surface area (Å²) in [4.78, 5) is 15.6. The molecule has 7 heteroatoms. The van der Waals surface area contributed by atoms with Crippen LogP contribution in [0.5, 0.6) is 0 Å². The van der Waals surface area contributed by atoms with Crippen LogP contribution >= 0.6 is 23.2 Å². The van der Waals surface area contributed by atoms with Crippen molar-refractivity contribution in [3.05, 3.63) is 46.0 Å². The van der Waals surface area contributed by atoms with Crippen molar-refractivity contribution < 1.29 is 4.79 Å². The van der Waals surface area contributed by atoms with E-state index in [1.165, 1.54) is 12.1 Å². The Balaban J connectivity index is 2.07. The van der Waals surface area contributed by atoms with E-state index in [0.717, 1.165) is 5.69 Å². The Morgan fingerprint density at radius 1 is 1.35 bits per heavy atom. The quantitative estimate of drug-likeness (QED) is 0.839. The topological polar surface area (TPSA) is 70.7 Å². The Kier molecular flexibility index (Phi) is 3.61. The molecule has 0 radical (unpaired) electrons. The third-order valence-electron chi connectivity index (χ3n) is 2.02. The van der Waals surface area contributed by atoms with Crippen LogP contribution in [0.4, 0.5) is 0 Å². The molecule has 2 rings (SSSR count). The number of amides is 1. The van der Waals surface area contributed by atoms with Gasteiger partial charge in [-0.2, -0.15) is 5.10 Å². The van der Waals surface area contributed by atoms with E-state index in [-0.39, 0.29) is 21.8 Å². The molecule has 0 atom stereocenters. The average molecular weight is 271 g/mol. The maximum Gasteiger partial charge on any atom is 0.271 e. The van der Waals surface area contributed by atoms with Crippen molar-refractivity contribution in [3.8, 4) is 0 Å². The highest BCUT2D eigenvalue weighted by Crippen LogP contribution is 2.16. The number of nitrogens with zero attached hydrogens (tertiary/aromatic N) is 2. The number of hydrogen-bond acceptors (Lipinski definition) is 3. The van der Waals surface area contributed by atoms with Crippen molar-refractivity contribution in [1.29, 1.82) is 0 Å². The first-order chi connectivity index (χ1) is 8.16. The molecule has 0 saturated heterocycles. The molecule has 0 spiro atoms. The fraction of sp³-hybridized carbons (Fsp3) is 0.100. The van der Waals surface area contributed by atoms with Crippen molar-refractivity contribution >= 4 is 29.1 Å². The predicted molar refractivity (Wildman–Crippen MR) is 64.0 cm³/mol. The van der Waals surface area contributed by atoms with Gasteiger partial charge in [-0.05, 0) is 18.2 Å². The first-order valence-corrected chi connectivity index (χ1v) is 5.51. The average Bonchev–Trinajstić information content (AvgIpc) is 2.82. The Morgan fingerprint density at radius 3 is 2.88 bits per heavy atom. The number of halogens is 2. The Bertz CT molecular complexity index is 527. The van der Waals surface area contributed by atoms with Crippen LogP contribution in [0.15, 0.2) is 24.4 Å². The first-order valence-electron chi connectivity index (χ1n) is 4.75. The molecule has 88 valence electrons. The number of nitrogens with one attached hydrogen (secondary N) is 2. The van der Waals surface area contributed by atoms with Crippen molar-refractivity contribution in [2.24, 2.45) is 0 Å². The third-order valence-corrected chi connectivity index (χ3v) is 2.54. The van der Waals surface area contributed by atoms with Crippen LogP contribution in [0.3, 0.4) is 0 Å². The Morgan fingerprint density at radius 2 is 2.18 bits per heavy atom. The van der Waals surface area contributed by atoms with Gasteiger partial charge in [0.15, 0.2) is 0 Å². The second-order valence-electron chi connectivity index (χ2n) is 3.23. The van der Waals surface area contributed by atoms with Crippen LogP contribution in [0.25, 0.3) is 0 Å². The number of carbonyl (C=O) groups is 1. The van der Waals surface area contributed by atoms with Crippen LogP contribution in [0, 0.1) is 0 Å². The summed E-state index contributed by atoms with van der Waals surface area (Å²) in [6.07, 6.45) is 1.60. The van der Waals surface area contributed by atoms with Crippen LogP contribution < -0.4 is 5.32 Å². The molecule has 2 heterocycles. The first kappa shape index (κ1) is 11.9. The lowest BCUT2D eigenvalue weighted by molar-refractivity contribution is 0.0945. The Hall–Kier alpha value is -1.59. The summed E-state index contributed by atoms with van der Waals surface area (Å²) in [7, 11) is 0. The molecule has 2 aromatic rings. The number of aromatic nitrogens is 3. The number of carbonyl (C=O) groups excluding carboxylic acids is 1. The molecular weight excluding hydrogens is 263 g/mol. The normalized spacial score (nSPS) is 10.2. The van der Waals surface area contributed by atoms with E-state index < -0.39 is 0 Å². The van der Waals surface area contributed by atoms with Crippen LogP contribution in [0.2, 0.25) is 10.2 Å². The molecule has 1 amide bonds. The summed E-state index contributed by atoms with van der Waals surface area (Å²) >= 11 is 11.5. The molecule has 0 aliphatic rings. The summed E-state index contributed by atoms with van der Waals surface area (Å²) in [5.41, 5.74) is 0.898.